The number of methoxy groups -OCH3 is 1. The predicted molar refractivity (Wildman–Crippen MR) is 66.3 cm³/mol. The fourth-order valence-electron chi connectivity index (χ4n) is 1.99. The number of pyridine rings is 1. The molecule has 1 heterocycles. The lowest BCUT2D eigenvalue weighted by molar-refractivity contribution is 0.0609. The lowest BCUT2D eigenvalue weighted by Crippen LogP contribution is -2.33. The number of ether oxygens (including phenoxy) is 1. The SMILES string of the molecule is CCCC(OC)C(NCC)c1cncc(F)c1. The number of halogens is 1. The summed E-state index contributed by atoms with van der Waals surface area (Å²) in [5.41, 5.74) is 0.840. The molecular weight excluding hydrogens is 219 g/mol. The Labute approximate surface area is 102 Å². The highest BCUT2D eigenvalue weighted by Crippen LogP contribution is 2.22. The van der Waals surface area contributed by atoms with E-state index < -0.39 is 0 Å². The number of hydrogen-bond donors (Lipinski definition) is 1. The van der Waals surface area contributed by atoms with Crippen LogP contribution in [0, 0.1) is 5.82 Å². The van der Waals surface area contributed by atoms with Crippen LogP contribution in [0.4, 0.5) is 4.39 Å². The molecule has 0 amide bonds. The maximum atomic E-state index is 13.2. The summed E-state index contributed by atoms with van der Waals surface area (Å²) in [7, 11) is 1.69. The highest BCUT2D eigenvalue weighted by atomic mass is 19.1. The van der Waals surface area contributed by atoms with Gasteiger partial charge >= 0.3 is 0 Å². The number of hydrogen-bond acceptors (Lipinski definition) is 3. The fraction of sp³-hybridized carbons (Fsp3) is 0.615. The maximum Gasteiger partial charge on any atom is 0.141 e. The van der Waals surface area contributed by atoms with Gasteiger partial charge in [-0.25, -0.2) is 4.39 Å². The quantitative estimate of drug-likeness (QED) is 0.795. The zero-order valence-corrected chi connectivity index (χ0v) is 10.7. The second kappa shape index (κ2) is 7.35. The molecule has 0 bridgehead atoms. The Kier molecular flexibility index (Phi) is 6.08. The van der Waals surface area contributed by atoms with Gasteiger partial charge in [-0.3, -0.25) is 4.98 Å². The first-order valence-electron chi connectivity index (χ1n) is 6.09. The fourth-order valence-corrected chi connectivity index (χ4v) is 1.99. The number of aromatic nitrogens is 1. The Hall–Kier alpha value is -1.00. The summed E-state index contributed by atoms with van der Waals surface area (Å²) in [5.74, 6) is -0.309. The number of nitrogens with one attached hydrogen (secondary N) is 1. The Morgan fingerprint density at radius 3 is 2.71 bits per heavy atom. The highest BCUT2D eigenvalue weighted by molar-refractivity contribution is 5.16. The zero-order valence-electron chi connectivity index (χ0n) is 10.7. The van der Waals surface area contributed by atoms with Crippen molar-refractivity contribution in [3.05, 3.63) is 29.8 Å². The molecule has 0 radical (unpaired) electrons. The Bertz CT molecular complexity index is 333. The van der Waals surface area contributed by atoms with Crippen molar-refractivity contribution in [2.75, 3.05) is 13.7 Å². The Morgan fingerprint density at radius 1 is 1.41 bits per heavy atom. The van der Waals surface area contributed by atoms with Crippen molar-refractivity contribution in [2.24, 2.45) is 0 Å². The summed E-state index contributed by atoms with van der Waals surface area (Å²) in [6.45, 7) is 4.95. The second-order valence-electron chi connectivity index (χ2n) is 4.03. The zero-order chi connectivity index (χ0) is 12.7. The number of likely N-dealkylation sites (N-methyl/N-ethyl adjacent to an activating group) is 1. The van der Waals surface area contributed by atoms with Crippen molar-refractivity contribution in [1.29, 1.82) is 0 Å². The largest absolute Gasteiger partial charge is 0.379 e. The van der Waals surface area contributed by atoms with E-state index in [0.717, 1.165) is 24.9 Å². The highest BCUT2D eigenvalue weighted by Gasteiger charge is 2.22. The summed E-state index contributed by atoms with van der Waals surface area (Å²) < 4.78 is 18.7. The molecule has 3 nitrogen and oxygen atoms in total. The average molecular weight is 240 g/mol. The maximum absolute atomic E-state index is 13.2. The van der Waals surface area contributed by atoms with E-state index in [2.05, 4.69) is 17.2 Å². The molecule has 0 saturated heterocycles. The number of nitrogens with zero attached hydrogens (tertiary/aromatic N) is 1. The molecular formula is C13H21FN2O. The van der Waals surface area contributed by atoms with Crippen LogP contribution in [0.25, 0.3) is 0 Å². The van der Waals surface area contributed by atoms with Crippen LogP contribution in [0.2, 0.25) is 0 Å². The monoisotopic (exact) mass is 240 g/mol. The molecule has 0 fully saturated rings. The van der Waals surface area contributed by atoms with Crippen molar-refractivity contribution < 1.29 is 9.13 Å². The minimum Gasteiger partial charge on any atom is -0.379 e. The van der Waals surface area contributed by atoms with Gasteiger partial charge in [0.2, 0.25) is 0 Å². The van der Waals surface area contributed by atoms with Gasteiger partial charge in [-0.15, -0.1) is 0 Å². The van der Waals surface area contributed by atoms with Crippen molar-refractivity contribution in [3.63, 3.8) is 0 Å². The van der Waals surface area contributed by atoms with Gasteiger partial charge in [0.25, 0.3) is 0 Å². The van der Waals surface area contributed by atoms with E-state index in [1.165, 1.54) is 12.3 Å². The molecule has 1 aromatic rings. The van der Waals surface area contributed by atoms with Crippen molar-refractivity contribution in [3.8, 4) is 0 Å². The van der Waals surface area contributed by atoms with E-state index in [0.29, 0.717) is 0 Å². The molecule has 1 rings (SSSR count). The van der Waals surface area contributed by atoms with Gasteiger partial charge in [0.15, 0.2) is 0 Å². The first kappa shape index (κ1) is 14.1. The first-order valence-corrected chi connectivity index (χ1v) is 6.09. The molecule has 96 valence electrons. The smallest absolute Gasteiger partial charge is 0.141 e. The van der Waals surface area contributed by atoms with E-state index in [9.17, 15) is 4.39 Å². The minimum atomic E-state index is -0.309. The normalized spacial score (nSPS) is 14.6. The summed E-state index contributed by atoms with van der Waals surface area (Å²) in [6, 6.07) is 1.51. The van der Waals surface area contributed by atoms with Gasteiger partial charge < -0.3 is 10.1 Å². The van der Waals surface area contributed by atoms with Gasteiger partial charge in [0.05, 0.1) is 18.3 Å². The molecule has 0 aliphatic heterocycles. The van der Waals surface area contributed by atoms with Gasteiger partial charge in [-0.1, -0.05) is 20.3 Å². The van der Waals surface area contributed by atoms with Crippen LogP contribution in [0.5, 0.6) is 0 Å². The van der Waals surface area contributed by atoms with Crippen LogP contribution in [0.3, 0.4) is 0 Å². The van der Waals surface area contributed by atoms with Gasteiger partial charge in [-0.2, -0.15) is 0 Å². The third kappa shape index (κ3) is 4.06. The molecule has 17 heavy (non-hydrogen) atoms. The van der Waals surface area contributed by atoms with E-state index in [-0.39, 0.29) is 18.0 Å². The van der Waals surface area contributed by atoms with E-state index in [4.69, 9.17) is 4.74 Å². The predicted octanol–water partition coefficient (Wildman–Crippen LogP) is 2.69. The standard InChI is InChI=1S/C13H21FN2O/c1-4-6-12(17-3)13(16-5-2)10-7-11(14)9-15-8-10/h7-9,12-13,16H,4-6H2,1-3H3. The molecule has 0 aliphatic rings. The van der Waals surface area contributed by atoms with Crippen LogP contribution < -0.4 is 5.32 Å². The third-order valence-corrected chi connectivity index (χ3v) is 2.76. The molecule has 0 aromatic carbocycles. The lowest BCUT2D eigenvalue weighted by Gasteiger charge is -2.26. The van der Waals surface area contributed by atoms with Crippen LogP contribution in [0.1, 0.15) is 38.3 Å². The van der Waals surface area contributed by atoms with E-state index in [1.807, 2.05) is 6.92 Å². The third-order valence-electron chi connectivity index (χ3n) is 2.76. The molecule has 0 aliphatic carbocycles. The van der Waals surface area contributed by atoms with Crippen molar-refractivity contribution in [2.45, 2.75) is 38.8 Å². The van der Waals surface area contributed by atoms with Crippen LogP contribution in [-0.2, 0) is 4.74 Å². The van der Waals surface area contributed by atoms with E-state index in [1.54, 1.807) is 13.3 Å². The van der Waals surface area contributed by atoms with Gasteiger partial charge in [0, 0.05) is 13.3 Å². The Morgan fingerprint density at radius 2 is 2.18 bits per heavy atom. The molecule has 2 atom stereocenters. The molecule has 0 saturated carbocycles. The molecule has 1 aromatic heterocycles. The first-order chi connectivity index (χ1) is 8.22. The van der Waals surface area contributed by atoms with Crippen LogP contribution in [0.15, 0.2) is 18.5 Å². The molecule has 1 N–H and O–H groups in total. The topological polar surface area (TPSA) is 34.1 Å². The molecule has 0 spiro atoms. The van der Waals surface area contributed by atoms with Crippen LogP contribution in [-0.4, -0.2) is 24.7 Å². The molecule has 2 unspecified atom stereocenters. The minimum absolute atomic E-state index is 0.00634. The summed E-state index contributed by atoms with van der Waals surface area (Å²) in [6.07, 6.45) is 4.92. The lowest BCUT2D eigenvalue weighted by atomic mass is 9.99. The summed E-state index contributed by atoms with van der Waals surface area (Å²) in [4.78, 5) is 3.89. The average Bonchev–Trinajstić information content (AvgIpc) is 2.33. The second-order valence-corrected chi connectivity index (χ2v) is 4.03. The Balaban J connectivity index is 2.90. The number of rotatable bonds is 7. The van der Waals surface area contributed by atoms with Gasteiger partial charge in [0.1, 0.15) is 5.82 Å². The van der Waals surface area contributed by atoms with Crippen LogP contribution >= 0.6 is 0 Å². The molecule has 4 heteroatoms. The van der Waals surface area contributed by atoms with Gasteiger partial charge in [-0.05, 0) is 24.6 Å². The van der Waals surface area contributed by atoms with Crippen molar-refractivity contribution in [1.82, 2.24) is 10.3 Å². The summed E-state index contributed by atoms with van der Waals surface area (Å²) >= 11 is 0. The van der Waals surface area contributed by atoms with E-state index >= 15 is 0 Å². The van der Waals surface area contributed by atoms with Crippen molar-refractivity contribution >= 4 is 0 Å². The summed E-state index contributed by atoms with van der Waals surface area (Å²) in [5, 5.41) is 3.33.